The molecule has 0 saturated carbocycles. The van der Waals surface area contributed by atoms with Gasteiger partial charge >= 0.3 is 0 Å². The second-order valence-corrected chi connectivity index (χ2v) is 10.0. The molecule has 6 rings (SSSR count). The van der Waals surface area contributed by atoms with Crippen LogP contribution < -0.4 is 5.32 Å². The molecule has 1 N–H and O–H groups in total. The van der Waals surface area contributed by atoms with Gasteiger partial charge in [-0.1, -0.05) is 24.3 Å². The van der Waals surface area contributed by atoms with Crippen LogP contribution in [0.4, 0.5) is 5.00 Å². The van der Waals surface area contributed by atoms with Crippen LogP contribution in [0.2, 0.25) is 0 Å². The van der Waals surface area contributed by atoms with Gasteiger partial charge in [0.1, 0.15) is 10.8 Å². The summed E-state index contributed by atoms with van der Waals surface area (Å²) >= 11 is 1.66. The molecule has 2 aromatic carbocycles. The maximum absolute atomic E-state index is 13.2. The number of para-hydroxylation sites is 1. The molecule has 1 amide bonds. The molecule has 0 unspecified atom stereocenters. The van der Waals surface area contributed by atoms with Gasteiger partial charge in [0.25, 0.3) is 5.91 Å². The first-order valence-electron chi connectivity index (χ1n) is 12.2. The highest BCUT2D eigenvalue weighted by Crippen LogP contribution is 2.40. The highest BCUT2D eigenvalue weighted by atomic mass is 32.1. The van der Waals surface area contributed by atoms with Crippen molar-refractivity contribution in [2.75, 3.05) is 0 Å². The lowest BCUT2D eigenvalue weighted by Crippen LogP contribution is -2.23. The molecule has 1 aliphatic rings. The molecule has 176 valence electrons. The molecule has 0 fully saturated rings. The van der Waals surface area contributed by atoms with Crippen molar-refractivity contribution >= 4 is 50.3 Å². The molecule has 3 heterocycles. The zero-order valence-electron chi connectivity index (χ0n) is 19.7. The van der Waals surface area contributed by atoms with E-state index in [0.29, 0.717) is 6.54 Å². The Labute approximate surface area is 208 Å². The van der Waals surface area contributed by atoms with Crippen LogP contribution in [-0.2, 0) is 25.9 Å². The minimum absolute atomic E-state index is 0.0746. The molecule has 5 nitrogen and oxygen atoms in total. The molecular formula is C29H27N3O2S. The fourth-order valence-electron chi connectivity index (χ4n) is 5.17. The van der Waals surface area contributed by atoms with Crippen LogP contribution in [0, 0.1) is 0 Å². The lowest BCUT2D eigenvalue weighted by Gasteiger charge is -2.12. The van der Waals surface area contributed by atoms with Crippen molar-refractivity contribution < 1.29 is 9.21 Å². The minimum atomic E-state index is -0.0746. The van der Waals surface area contributed by atoms with E-state index in [0.717, 1.165) is 47.7 Å². The highest BCUT2D eigenvalue weighted by molar-refractivity contribution is 7.16. The maximum atomic E-state index is 13.2. The number of hydrogen-bond donors (Lipinski definition) is 1. The number of aryl methyl sites for hydroxylation is 2. The maximum Gasteiger partial charge on any atom is 0.255 e. The second-order valence-electron chi connectivity index (χ2n) is 8.95. The number of fused-ring (bicyclic) bond motifs is 4. The van der Waals surface area contributed by atoms with Gasteiger partial charge in [-0.25, -0.2) is 4.99 Å². The van der Waals surface area contributed by atoms with E-state index in [1.165, 1.54) is 38.7 Å². The molecule has 0 bridgehead atoms. The van der Waals surface area contributed by atoms with E-state index in [9.17, 15) is 4.79 Å². The van der Waals surface area contributed by atoms with Crippen molar-refractivity contribution in [2.24, 2.45) is 4.99 Å². The standard InChI is InChI=1S/C29H27N3O2S/c1-2-32-24-11-5-3-9-21(24)23-16-19(13-14-25(23)32)17-31-29-27(22-10-4-6-12-26(22)35-29)28(33)30-18-20-8-7-15-34-20/h3,5,7-9,11,13-17H,2,4,6,10,12,18H2,1H3,(H,30,33). The molecule has 0 radical (unpaired) electrons. The third-order valence-corrected chi connectivity index (χ3v) is 8.03. The first-order valence-corrected chi connectivity index (χ1v) is 13.0. The van der Waals surface area contributed by atoms with E-state index < -0.39 is 0 Å². The van der Waals surface area contributed by atoms with Gasteiger partial charge in [0, 0.05) is 39.4 Å². The van der Waals surface area contributed by atoms with Gasteiger partial charge in [-0.05, 0) is 74.1 Å². The number of thiophene rings is 1. The molecule has 5 aromatic rings. The minimum Gasteiger partial charge on any atom is -0.467 e. The molecule has 0 atom stereocenters. The van der Waals surface area contributed by atoms with Gasteiger partial charge in [0.05, 0.1) is 18.4 Å². The van der Waals surface area contributed by atoms with E-state index in [-0.39, 0.29) is 5.91 Å². The smallest absolute Gasteiger partial charge is 0.255 e. The summed E-state index contributed by atoms with van der Waals surface area (Å²) in [4.78, 5) is 19.4. The summed E-state index contributed by atoms with van der Waals surface area (Å²) in [5, 5.41) is 6.31. The lowest BCUT2D eigenvalue weighted by molar-refractivity contribution is 0.0948. The fourth-order valence-corrected chi connectivity index (χ4v) is 6.40. The third-order valence-electron chi connectivity index (χ3n) is 6.83. The normalized spacial score (nSPS) is 13.6. The third kappa shape index (κ3) is 3.98. The summed E-state index contributed by atoms with van der Waals surface area (Å²) in [6.07, 6.45) is 7.77. The van der Waals surface area contributed by atoms with Crippen LogP contribution in [0.15, 0.2) is 70.3 Å². The van der Waals surface area contributed by atoms with Crippen LogP contribution in [0.3, 0.4) is 0 Å². The quantitative estimate of drug-likeness (QED) is 0.265. The van der Waals surface area contributed by atoms with Gasteiger partial charge < -0.3 is 14.3 Å². The van der Waals surface area contributed by atoms with E-state index in [1.807, 2.05) is 18.3 Å². The molecular weight excluding hydrogens is 454 g/mol. The van der Waals surface area contributed by atoms with Crippen molar-refractivity contribution in [1.82, 2.24) is 9.88 Å². The van der Waals surface area contributed by atoms with Crippen molar-refractivity contribution in [3.8, 4) is 0 Å². The summed E-state index contributed by atoms with van der Waals surface area (Å²) in [5.74, 6) is 0.668. The fraction of sp³-hybridized carbons (Fsp3) is 0.241. The molecule has 1 aliphatic carbocycles. The Kier molecular flexibility index (Phi) is 5.74. The van der Waals surface area contributed by atoms with Crippen LogP contribution in [0.1, 0.15) is 51.9 Å². The Morgan fingerprint density at radius 3 is 2.80 bits per heavy atom. The summed E-state index contributed by atoms with van der Waals surface area (Å²) < 4.78 is 7.73. The van der Waals surface area contributed by atoms with Crippen LogP contribution in [-0.4, -0.2) is 16.7 Å². The Balaban J connectivity index is 1.35. The number of benzene rings is 2. The summed E-state index contributed by atoms with van der Waals surface area (Å²) in [6, 6.07) is 18.7. The van der Waals surface area contributed by atoms with Gasteiger partial charge in [-0.3, -0.25) is 4.79 Å². The van der Waals surface area contributed by atoms with Gasteiger partial charge in [0.15, 0.2) is 0 Å². The van der Waals surface area contributed by atoms with Gasteiger partial charge in [0.2, 0.25) is 0 Å². The van der Waals surface area contributed by atoms with Crippen LogP contribution in [0.5, 0.6) is 0 Å². The number of hydrogen-bond acceptors (Lipinski definition) is 4. The summed E-state index contributed by atoms with van der Waals surface area (Å²) in [6.45, 7) is 3.48. The number of amides is 1. The zero-order chi connectivity index (χ0) is 23.8. The largest absolute Gasteiger partial charge is 0.467 e. The number of carbonyl (C=O) groups is 1. The zero-order valence-corrected chi connectivity index (χ0v) is 20.5. The number of furan rings is 1. The van der Waals surface area contributed by atoms with Crippen LogP contribution in [0.25, 0.3) is 21.8 Å². The average Bonchev–Trinajstić information content (AvgIpc) is 3.61. The lowest BCUT2D eigenvalue weighted by atomic mass is 9.95. The predicted octanol–water partition coefficient (Wildman–Crippen LogP) is 7.03. The topological polar surface area (TPSA) is 59.5 Å². The predicted molar refractivity (Wildman–Crippen MR) is 143 cm³/mol. The van der Waals surface area contributed by atoms with E-state index in [1.54, 1.807) is 17.6 Å². The van der Waals surface area contributed by atoms with E-state index in [4.69, 9.17) is 9.41 Å². The molecule has 35 heavy (non-hydrogen) atoms. The van der Waals surface area contributed by atoms with Crippen LogP contribution >= 0.6 is 11.3 Å². The van der Waals surface area contributed by atoms with Gasteiger partial charge in [-0.2, -0.15) is 0 Å². The monoisotopic (exact) mass is 481 g/mol. The Bertz CT molecular complexity index is 1560. The molecule has 0 saturated heterocycles. The Morgan fingerprint density at radius 2 is 1.94 bits per heavy atom. The molecule has 0 aliphatic heterocycles. The van der Waals surface area contributed by atoms with Crippen molar-refractivity contribution in [2.45, 2.75) is 45.7 Å². The molecule has 0 spiro atoms. The summed E-state index contributed by atoms with van der Waals surface area (Å²) in [7, 11) is 0. The van der Waals surface area contributed by atoms with Crippen molar-refractivity contribution in [1.29, 1.82) is 0 Å². The number of nitrogens with zero attached hydrogens (tertiary/aromatic N) is 2. The Morgan fingerprint density at radius 1 is 1.09 bits per heavy atom. The Hall–Kier alpha value is -3.64. The number of aliphatic imine (C=N–C) groups is 1. The average molecular weight is 482 g/mol. The number of rotatable bonds is 6. The first kappa shape index (κ1) is 21.9. The second kappa shape index (κ2) is 9.19. The number of aromatic nitrogens is 1. The molecule has 3 aromatic heterocycles. The summed E-state index contributed by atoms with van der Waals surface area (Å²) in [5.41, 5.74) is 5.42. The van der Waals surface area contributed by atoms with Crippen molar-refractivity contribution in [3.63, 3.8) is 0 Å². The first-order chi connectivity index (χ1) is 17.2. The number of nitrogens with one attached hydrogen (secondary N) is 1. The highest BCUT2D eigenvalue weighted by Gasteiger charge is 2.25. The van der Waals surface area contributed by atoms with E-state index in [2.05, 4.69) is 59.3 Å². The van der Waals surface area contributed by atoms with Crippen molar-refractivity contribution in [3.05, 3.63) is 88.2 Å². The van der Waals surface area contributed by atoms with E-state index >= 15 is 0 Å². The number of carbonyl (C=O) groups excluding carboxylic acids is 1. The van der Waals surface area contributed by atoms with Gasteiger partial charge in [-0.15, -0.1) is 11.3 Å². The molecule has 6 heteroatoms. The SMILES string of the molecule is CCn1c2ccccc2c2cc(C=Nc3sc4c(c3C(=O)NCc3ccco3)CCCC4)ccc21.